The molecule has 118 valence electrons. The summed E-state index contributed by atoms with van der Waals surface area (Å²) in [4.78, 5) is 13.9. The van der Waals surface area contributed by atoms with E-state index >= 15 is 0 Å². The van der Waals surface area contributed by atoms with Crippen LogP contribution in [-0.4, -0.2) is 23.0 Å². The number of hydrogen-bond donors (Lipinski definition) is 2. The van der Waals surface area contributed by atoms with Crippen molar-refractivity contribution in [2.75, 3.05) is 12.8 Å². The number of rotatable bonds is 6. The van der Waals surface area contributed by atoms with E-state index in [1.54, 1.807) is 17.6 Å². The van der Waals surface area contributed by atoms with E-state index in [0.717, 1.165) is 10.5 Å². The lowest BCUT2D eigenvalue weighted by atomic mass is 10.1. The summed E-state index contributed by atoms with van der Waals surface area (Å²) < 4.78 is 11.3. The minimum absolute atomic E-state index is 0.174. The van der Waals surface area contributed by atoms with Crippen LogP contribution in [0.5, 0.6) is 0 Å². The average Bonchev–Trinajstić information content (AvgIpc) is 3.05. The van der Waals surface area contributed by atoms with Gasteiger partial charge in [0.1, 0.15) is 0 Å². The lowest BCUT2D eigenvalue weighted by Gasteiger charge is -2.12. The molecule has 4 nitrogen and oxygen atoms in total. The maximum absolute atomic E-state index is 11.8. The van der Waals surface area contributed by atoms with E-state index in [4.69, 9.17) is 0 Å². The molecule has 6 heteroatoms. The fraction of sp³-hybridized carbons (Fsp3) is 0.312. The van der Waals surface area contributed by atoms with Gasteiger partial charge in [-0.25, -0.2) is 4.79 Å². The number of amides is 2. The molecule has 22 heavy (non-hydrogen) atoms. The lowest BCUT2D eigenvalue weighted by Crippen LogP contribution is -2.36. The van der Waals surface area contributed by atoms with Crippen LogP contribution in [0.1, 0.15) is 23.3 Å². The van der Waals surface area contributed by atoms with Gasteiger partial charge in [0.25, 0.3) is 0 Å². The highest BCUT2D eigenvalue weighted by Crippen LogP contribution is 2.19. The number of hydrogen-bond acceptors (Lipinski definition) is 3. The Balaban J connectivity index is 1.74. The van der Waals surface area contributed by atoms with E-state index in [1.807, 2.05) is 35.7 Å². The van der Waals surface area contributed by atoms with E-state index in [-0.39, 0.29) is 6.03 Å². The molecule has 0 radical (unpaired) electrons. The van der Waals surface area contributed by atoms with Gasteiger partial charge in [0, 0.05) is 45.8 Å². The third-order valence-corrected chi connectivity index (χ3v) is 5.35. The number of carbonyl (C=O) groups is 1. The highest BCUT2D eigenvalue weighted by atomic mass is 32.2. The summed E-state index contributed by atoms with van der Waals surface area (Å²) >= 11 is 1.70. The first-order chi connectivity index (χ1) is 10.6. The molecule has 2 N–H and O–H groups in total. The molecule has 0 unspecified atom stereocenters. The second kappa shape index (κ2) is 8.10. The van der Waals surface area contributed by atoms with Gasteiger partial charge in [-0.15, -0.1) is 11.3 Å². The third kappa shape index (κ3) is 4.96. The second-order valence-electron chi connectivity index (χ2n) is 5.08. The van der Waals surface area contributed by atoms with Crippen molar-refractivity contribution in [1.29, 1.82) is 0 Å². The molecule has 0 aliphatic heterocycles. The topological polar surface area (TPSA) is 58.2 Å². The van der Waals surface area contributed by atoms with Crippen LogP contribution < -0.4 is 10.6 Å². The molecule has 1 heterocycles. The molecule has 2 amide bonds. The molecule has 2 rings (SSSR count). The van der Waals surface area contributed by atoms with Gasteiger partial charge in [-0.2, -0.15) is 0 Å². The molecule has 1 aromatic carbocycles. The van der Waals surface area contributed by atoms with Gasteiger partial charge < -0.3 is 10.6 Å². The van der Waals surface area contributed by atoms with E-state index in [9.17, 15) is 9.00 Å². The molecule has 2 aromatic rings. The van der Waals surface area contributed by atoms with Crippen molar-refractivity contribution in [3.05, 3.63) is 52.2 Å². The summed E-state index contributed by atoms with van der Waals surface area (Å²) in [6, 6.07) is 11.3. The molecular formula is C16H20N2O2S2. The maximum Gasteiger partial charge on any atom is 0.315 e. The summed E-state index contributed by atoms with van der Waals surface area (Å²) in [5.41, 5.74) is 0.982. The van der Waals surface area contributed by atoms with Gasteiger partial charge in [0.15, 0.2) is 0 Å². The molecule has 0 saturated heterocycles. The minimum atomic E-state index is -0.972. The second-order valence-corrected chi connectivity index (χ2v) is 7.44. The highest BCUT2D eigenvalue weighted by molar-refractivity contribution is 7.84. The molecule has 0 aliphatic carbocycles. The number of benzene rings is 1. The molecule has 0 fully saturated rings. The summed E-state index contributed by atoms with van der Waals surface area (Å²) in [5.74, 6) is 0.310. The van der Waals surface area contributed by atoms with Crippen molar-refractivity contribution in [3.63, 3.8) is 0 Å². The fourth-order valence-corrected chi connectivity index (χ4v) is 3.27. The van der Waals surface area contributed by atoms with Gasteiger partial charge in [-0.1, -0.05) is 25.1 Å². The van der Waals surface area contributed by atoms with Crippen molar-refractivity contribution in [3.8, 4) is 0 Å². The highest BCUT2D eigenvalue weighted by Gasteiger charge is 2.08. The Labute approximate surface area is 137 Å². The maximum atomic E-state index is 11.8. The van der Waals surface area contributed by atoms with Crippen molar-refractivity contribution >= 4 is 28.2 Å². The zero-order chi connectivity index (χ0) is 15.9. The Morgan fingerprint density at radius 3 is 2.55 bits per heavy atom. The summed E-state index contributed by atoms with van der Waals surface area (Å²) in [6.45, 7) is 3.16. The first kappa shape index (κ1) is 16.7. The normalized spacial score (nSPS) is 13.4. The van der Waals surface area contributed by atoms with Crippen molar-refractivity contribution < 1.29 is 9.00 Å². The molecule has 0 aliphatic rings. The molecule has 1 aromatic heterocycles. The van der Waals surface area contributed by atoms with Gasteiger partial charge >= 0.3 is 6.03 Å². The first-order valence-corrected chi connectivity index (χ1v) is 9.47. The molecule has 2 atom stereocenters. The predicted octanol–water partition coefficient (Wildman–Crippen LogP) is 3.09. The molecule has 0 bridgehead atoms. The van der Waals surface area contributed by atoms with Crippen LogP contribution in [-0.2, 0) is 17.3 Å². The van der Waals surface area contributed by atoms with Crippen LogP contribution in [0.25, 0.3) is 0 Å². The van der Waals surface area contributed by atoms with Gasteiger partial charge in [0.05, 0.1) is 0 Å². The van der Waals surface area contributed by atoms with E-state index in [2.05, 4.69) is 23.6 Å². The SMILES string of the molecule is C[C@H](CNC(=O)NCc1ccc([S@@](C)=O)cc1)c1cccs1. The number of nitrogens with one attached hydrogen (secondary N) is 2. The van der Waals surface area contributed by atoms with E-state index in [1.165, 1.54) is 4.88 Å². The summed E-state index contributed by atoms with van der Waals surface area (Å²) in [7, 11) is -0.972. The Hall–Kier alpha value is -1.66. The van der Waals surface area contributed by atoms with E-state index < -0.39 is 10.8 Å². The van der Waals surface area contributed by atoms with Crippen LogP contribution in [0, 0.1) is 0 Å². The van der Waals surface area contributed by atoms with Gasteiger partial charge in [0.2, 0.25) is 0 Å². The number of thiophene rings is 1. The average molecular weight is 336 g/mol. The zero-order valence-electron chi connectivity index (χ0n) is 12.7. The van der Waals surface area contributed by atoms with Gasteiger partial charge in [-0.05, 0) is 29.1 Å². The Morgan fingerprint density at radius 2 is 1.95 bits per heavy atom. The lowest BCUT2D eigenvalue weighted by molar-refractivity contribution is 0.240. The van der Waals surface area contributed by atoms with Gasteiger partial charge in [-0.3, -0.25) is 4.21 Å². The summed E-state index contributed by atoms with van der Waals surface area (Å²) in [6.07, 6.45) is 1.65. The summed E-state index contributed by atoms with van der Waals surface area (Å²) in [5, 5.41) is 7.74. The minimum Gasteiger partial charge on any atom is -0.338 e. The zero-order valence-corrected chi connectivity index (χ0v) is 14.3. The number of carbonyl (C=O) groups excluding carboxylic acids is 1. The van der Waals surface area contributed by atoms with Crippen LogP contribution in [0.2, 0.25) is 0 Å². The quantitative estimate of drug-likeness (QED) is 0.852. The third-order valence-electron chi connectivity index (χ3n) is 3.31. The standard InChI is InChI=1S/C16H20N2O2S2/c1-12(15-4-3-9-21-15)10-17-16(19)18-11-13-5-7-14(8-6-13)22(2)20/h3-9,12H,10-11H2,1-2H3,(H2,17,18,19)/t12-,22-/m1/s1. The molecule has 0 spiro atoms. The van der Waals surface area contributed by atoms with Crippen LogP contribution >= 0.6 is 11.3 Å². The van der Waals surface area contributed by atoms with Crippen LogP contribution in [0.15, 0.2) is 46.7 Å². The fourth-order valence-electron chi connectivity index (χ4n) is 1.96. The number of urea groups is 1. The Kier molecular flexibility index (Phi) is 6.15. The van der Waals surface area contributed by atoms with Crippen LogP contribution in [0.3, 0.4) is 0 Å². The van der Waals surface area contributed by atoms with Crippen molar-refractivity contribution in [2.24, 2.45) is 0 Å². The first-order valence-electron chi connectivity index (χ1n) is 7.03. The molecule has 0 saturated carbocycles. The Morgan fingerprint density at radius 1 is 1.23 bits per heavy atom. The van der Waals surface area contributed by atoms with Crippen molar-refractivity contribution in [2.45, 2.75) is 24.3 Å². The smallest absolute Gasteiger partial charge is 0.315 e. The largest absolute Gasteiger partial charge is 0.338 e. The Bertz CT molecular complexity index is 624. The van der Waals surface area contributed by atoms with Crippen molar-refractivity contribution in [1.82, 2.24) is 10.6 Å². The molecular weight excluding hydrogens is 316 g/mol. The monoisotopic (exact) mass is 336 g/mol. The predicted molar refractivity (Wildman–Crippen MR) is 91.7 cm³/mol. The van der Waals surface area contributed by atoms with Crippen LogP contribution in [0.4, 0.5) is 4.79 Å². The van der Waals surface area contributed by atoms with E-state index in [0.29, 0.717) is 19.0 Å².